The zero-order valence-electron chi connectivity index (χ0n) is 6.28. The molecule has 5 N–H and O–H groups in total. The van der Waals surface area contributed by atoms with Gasteiger partial charge in [-0.3, -0.25) is 9.59 Å². The Hall–Kier alpha value is -1.78. The van der Waals surface area contributed by atoms with E-state index in [2.05, 4.69) is 5.32 Å². The zero-order chi connectivity index (χ0) is 9.14. The molecule has 1 unspecified atom stereocenters. The number of amides is 2. The van der Waals surface area contributed by atoms with Crippen LogP contribution in [0.25, 0.3) is 0 Å². The summed E-state index contributed by atoms with van der Waals surface area (Å²) >= 11 is 0. The fourth-order valence-corrected chi connectivity index (χ4v) is 0.846. The van der Waals surface area contributed by atoms with E-state index in [0.29, 0.717) is 0 Å². The van der Waals surface area contributed by atoms with Gasteiger partial charge in [-0.2, -0.15) is 0 Å². The molecule has 5 heteroatoms. The van der Waals surface area contributed by atoms with Gasteiger partial charge in [-0.1, -0.05) is 12.2 Å². The summed E-state index contributed by atoms with van der Waals surface area (Å²) in [6, 6.07) is -0.641. The number of carbonyl (C=O) groups excluding carboxylic acids is 2. The zero-order valence-corrected chi connectivity index (χ0v) is 6.28. The molecule has 0 aromatic rings. The maximum Gasteiger partial charge on any atom is 0.264 e. The lowest BCUT2D eigenvalue weighted by atomic mass is 10.1. The Kier molecular flexibility index (Phi) is 2.14. The molecule has 12 heavy (non-hydrogen) atoms. The second-order valence-corrected chi connectivity index (χ2v) is 2.35. The van der Waals surface area contributed by atoms with E-state index in [4.69, 9.17) is 11.5 Å². The Labute approximate surface area is 69.1 Å². The van der Waals surface area contributed by atoms with Crippen molar-refractivity contribution in [3.8, 4) is 0 Å². The average molecular weight is 167 g/mol. The summed E-state index contributed by atoms with van der Waals surface area (Å²) in [4.78, 5) is 21.3. The van der Waals surface area contributed by atoms with Gasteiger partial charge in [0.15, 0.2) is 0 Å². The van der Waals surface area contributed by atoms with Crippen molar-refractivity contribution >= 4 is 11.8 Å². The Balaban J connectivity index is 2.74. The molecule has 5 nitrogen and oxygen atoms in total. The number of nitrogens with one attached hydrogen (secondary N) is 1. The Morgan fingerprint density at radius 2 is 2.08 bits per heavy atom. The molecular weight excluding hydrogens is 158 g/mol. The first-order valence-corrected chi connectivity index (χ1v) is 3.35. The fourth-order valence-electron chi connectivity index (χ4n) is 0.846. The first kappa shape index (κ1) is 8.32. The average Bonchev–Trinajstić information content (AvgIpc) is 2.04. The number of allylic oxidation sites excluding steroid dienone is 2. The van der Waals surface area contributed by atoms with Gasteiger partial charge in [-0.25, -0.2) is 0 Å². The smallest absolute Gasteiger partial charge is 0.264 e. The van der Waals surface area contributed by atoms with Gasteiger partial charge in [0, 0.05) is 0 Å². The van der Waals surface area contributed by atoms with E-state index >= 15 is 0 Å². The highest BCUT2D eigenvalue weighted by molar-refractivity contribution is 5.94. The number of primary amides is 2. The van der Waals surface area contributed by atoms with E-state index in [0.717, 1.165) is 0 Å². The summed E-state index contributed by atoms with van der Waals surface area (Å²) in [7, 11) is 0. The standard InChI is InChI=1S/C7H9N3O2/c8-6(11)4-2-1-3-5(10-4)7(9)12/h1-4,10H,(H2,8,11)(H2,9,12). The largest absolute Gasteiger partial charge is 0.368 e. The van der Waals surface area contributed by atoms with Crippen LogP contribution in [0.4, 0.5) is 0 Å². The van der Waals surface area contributed by atoms with Crippen LogP contribution in [-0.2, 0) is 9.59 Å². The number of carbonyl (C=O) groups is 2. The summed E-state index contributed by atoms with van der Waals surface area (Å²) < 4.78 is 0. The molecular formula is C7H9N3O2. The summed E-state index contributed by atoms with van der Waals surface area (Å²) in [5, 5.41) is 2.58. The van der Waals surface area contributed by atoms with E-state index in [9.17, 15) is 9.59 Å². The Bertz CT molecular complexity index is 280. The van der Waals surface area contributed by atoms with Crippen LogP contribution < -0.4 is 16.8 Å². The summed E-state index contributed by atoms with van der Waals surface area (Å²) in [5.74, 6) is -1.15. The highest BCUT2D eigenvalue weighted by Crippen LogP contribution is 2.00. The Morgan fingerprint density at radius 3 is 2.58 bits per heavy atom. The monoisotopic (exact) mass is 167 g/mol. The fraction of sp³-hybridized carbons (Fsp3) is 0.143. The predicted octanol–water partition coefficient (Wildman–Crippen LogP) is -1.63. The molecule has 1 aliphatic rings. The molecule has 0 aromatic carbocycles. The molecule has 1 heterocycles. The minimum absolute atomic E-state index is 0.196. The third-order valence-corrected chi connectivity index (χ3v) is 1.45. The number of nitrogens with two attached hydrogens (primary N) is 2. The van der Waals surface area contributed by atoms with Gasteiger partial charge in [0.25, 0.3) is 5.91 Å². The van der Waals surface area contributed by atoms with Crippen LogP contribution in [0.5, 0.6) is 0 Å². The highest BCUT2D eigenvalue weighted by Gasteiger charge is 2.17. The maximum atomic E-state index is 10.7. The van der Waals surface area contributed by atoms with Crippen LogP contribution in [0.2, 0.25) is 0 Å². The normalized spacial score (nSPS) is 21.0. The molecule has 0 aromatic heterocycles. The Morgan fingerprint density at radius 1 is 1.42 bits per heavy atom. The maximum absolute atomic E-state index is 10.7. The first-order chi connectivity index (χ1) is 5.61. The molecule has 0 aliphatic carbocycles. The third kappa shape index (κ3) is 1.63. The van der Waals surface area contributed by atoms with E-state index in [-0.39, 0.29) is 5.70 Å². The summed E-state index contributed by atoms with van der Waals surface area (Å²) in [6.45, 7) is 0. The molecule has 1 atom stereocenters. The lowest BCUT2D eigenvalue weighted by Crippen LogP contribution is -2.43. The number of hydrogen-bond donors (Lipinski definition) is 3. The summed E-state index contributed by atoms with van der Waals surface area (Å²) in [6.07, 6.45) is 4.60. The lowest BCUT2D eigenvalue weighted by Gasteiger charge is -2.16. The van der Waals surface area contributed by atoms with Crippen molar-refractivity contribution in [1.82, 2.24) is 5.32 Å². The molecule has 64 valence electrons. The predicted molar refractivity (Wildman–Crippen MR) is 42.5 cm³/mol. The van der Waals surface area contributed by atoms with E-state index in [1.54, 1.807) is 12.2 Å². The van der Waals surface area contributed by atoms with Crippen LogP contribution in [0.15, 0.2) is 23.9 Å². The highest BCUT2D eigenvalue weighted by atomic mass is 16.2. The van der Waals surface area contributed by atoms with E-state index < -0.39 is 17.9 Å². The van der Waals surface area contributed by atoms with Gasteiger partial charge in [-0.05, 0) is 6.08 Å². The molecule has 0 radical (unpaired) electrons. The van der Waals surface area contributed by atoms with Crippen molar-refractivity contribution in [3.63, 3.8) is 0 Å². The number of rotatable bonds is 2. The van der Waals surface area contributed by atoms with Gasteiger partial charge >= 0.3 is 0 Å². The van der Waals surface area contributed by atoms with Crippen molar-refractivity contribution in [3.05, 3.63) is 23.9 Å². The van der Waals surface area contributed by atoms with Crippen LogP contribution in [0.3, 0.4) is 0 Å². The lowest BCUT2D eigenvalue weighted by molar-refractivity contribution is -0.119. The first-order valence-electron chi connectivity index (χ1n) is 3.35. The third-order valence-electron chi connectivity index (χ3n) is 1.45. The van der Waals surface area contributed by atoms with Crippen molar-refractivity contribution in [2.45, 2.75) is 6.04 Å². The van der Waals surface area contributed by atoms with Crippen LogP contribution in [-0.4, -0.2) is 17.9 Å². The van der Waals surface area contributed by atoms with Crippen molar-refractivity contribution in [2.24, 2.45) is 11.5 Å². The van der Waals surface area contributed by atoms with Gasteiger partial charge in [0.05, 0.1) is 0 Å². The van der Waals surface area contributed by atoms with E-state index in [1.807, 2.05) is 0 Å². The van der Waals surface area contributed by atoms with Crippen LogP contribution in [0, 0.1) is 0 Å². The summed E-state index contributed by atoms with van der Waals surface area (Å²) in [5.41, 5.74) is 10.2. The molecule has 0 bridgehead atoms. The molecule has 0 saturated carbocycles. The molecule has 0 spiro atoms. The van der Waals surface area contributed by atoms with Gasteiger partial charge < -0.3 is 16.8 Å². The van der Waals surface area contributed by atoms with Gasteiger partial charge in [-0.15, -0.1) is 0 Å². The number of dihydropyridines is 1. The van der Waals surface area contributed by atoms with Gasteiger partial charge in [0.2, 0.25) is 5.91 Å². The molecule has 2 amide bonds. The molecule has 0 fully saturated rings. The van der Waals surface area contributed by atoms with Crippen molar-refractivity contribution < 1.29 is 9.59 Å². The quantitative estimate of drug-likeness (QED) is 0.460. The minimum atomic E-state index is -0.641. The topological polar surface area (TPSA) is 98.2 Å². The van der Waals surface area contributed by atoms with E-state index in [1.165, 1.54) is 6.08 Å². The van der Waals surface area contributed by atoms with Crippen LogP contribution >= 0.6 is 0 Å². The molecule has 0 saturated heterocycles. The second-order valence-electron chi connectivity index (χ2n) is 2.35. The molecule has 1 aliphatic heterocycles. The minimum Gasteiger partial charge on any atom is -0.368 e. The van der Waals surface area contributed by atoms with Crippen LogP contribution in [0.1, 0.15) is 0 Å². The molecule has 1 rings (SSSR count). The number of hydrogen-bond acceptors (Lipinski definition) is 3. The van der Waals surface area contributed by atoms with Crippen molar-refractivity contribution in [2.75, 3.05) is 0 Å². The second kappa shape index (κ2) is 3.08. The van der Waals surface area contributed by atoms with Crippen molar-refractivity contribution in [1.29, 1.82) is 0 Å². The SMILES string of the molecule is NC(=O)C1=CC=CC(C(N)=O)N1. The van der Waals surface area contributed by atoms with Gasteiger partial charge in [0.1, 0.15) is 11.7 Å².